The lowest BCUT2D eigenvalue weighted by Gasteiger charge is -2.19. The Morgan fingerprint density at radius 3 is 2.46 bits per heavy atom. The van der Waals surface area contributed by atoms with Crippen LogP contribution in [-0.4, -0.2) is 22.8 Å². The number of nitrogens with zero attached hydrogens (tertiary/aromatic N) is 1. The van der Waals surface area contributed by atoms with Crippen molar-refractivity contribution >= 4 is 49.5 Å². The first-order chi connectivity index (χ1) is 11.7. The van der Waals surface area contributed by atoms with Gasteiger partial charge in [0.2, 0.25) is 0 Å². The van der Waals surface area contributed by atoms with Crippen LogP contribution in [0.5, 0.6) is 0 Å². The van der Waals surface area contributed by atoms with Crippen LogP contribution >= 0.6 is 22.7 Å². The summed E-state index contributed by atoms with van der Waals surface area (Å²) in [5.41, 5.74) is 2.31. The van der Waals surface area contributed by atoms with Crippen LogP contribution in [0.2, 0.25) is 0 Å². The van der Waals surface area contributed by atoms with Gasteiger partial charge < -0.3 is 0 Å². The molecule has 0 radical (unpaired) electrons. The van der Waals surface area contributed by atoms with Gasteiger partial charge in [-0.15, -0.1) is 22.7 Å². The zero-order chi connectivity index (χ0) is 16.3. The topological polar surface area (TPSA) is 37.4 Å². The minimum absolute atomic E-state index is 0.132. The van der Waals surface area contributed by atoms with Gasteiger partial charge in [-0.25, -0.2) is 0 Å². The van der Waals surface area contributed by atoms with Crippen LogP contribution in [-0.2, 0) is 0 Å². The van der Waals surface area contributed by atoms with E-state index in [0.29, 0.717) is 11.1 Å². The molecular weight excluding hydrogens is 338 g/mol. The van der Waals surface area contributed by atoms with Crippen LogP contribution < -0.4 is 0 Å². The van der Waals surface area contributed by atoms with Gasteiger partial charge in [0.05, 0.1) is 17.2 Å². The third-order valence-corrected chi connectivity index (χ3v) is 6.88. The average Bonchev–Trinajstić information content (AvgIpc) is 3.32. The third-order valence-electron chi connectivity index (χ3n) is 4.72. The second-order valence-corrected chi connectivity index (χ2v) is 8.12. The van der Waals surface area contributed by atoms with Crippen LogP contribution in [0.25, 0.3) is 15.0 Å². The number of amides is 2. The summed E-state index contributed by atoms with van der Waals surface area (Å²) in [6.07, 6.45) is 3.83. The van der Waals surface area contributed by atoms with Crippen molar-refractivity contribution in [1.82, 2.24) is 4.90 Å². The molecular formula is C19H13NO2S2. The summed E-state index contributed by atoms with van der Waals surface area (Å²) in [5.74, 6) is -0.324. The van der Waals surface area contributed by atoms with Crippen molar-refractivity contribution in [2.75, 3.05) is 0 Å². The molecule has 2 aromatic heterocycles. The highest BCUT2D eigenvalue weighted by Crippen LogP contribution is 2.40. The van der Waals surface area contributed by atoms with E-state index >= 15 is 0 Å². The van der Waals surface area contributed by atoms with Crippen LogP contribution in [0.15, 0.2) is 47.9 Å². The Balaban J connectivity index is 1.49. The summed E-state index contributed by atoms with van der Waals surface area (Å²) >= 11 is 3.54. The first kappa shape index (κ1) is 14.1. The third kappa shape index (κ3) is 1.95. The molecule has 1 atom stereocenters. The highest BCUT2D eigenvalue weighted by Gasteiger charge is 2.40. The summed E-state index contributed by atoms with van der Waals surface area (Å²) in [7, 11) is 0. The van der Waals surface area contributed by atoms with Gasteiger partial charge in [0.25, 0.3) is 11.8 Å². The van der Waals surface area contributed by atoms with Gasteiger partial charge in [-0.2, -0.15) is 0 Å². The largest absolute Gasteiger partial charge is 0.269 e. The van der Waals surface area contributed by atoms with Crippen molar-refractivity contribution < 1.29 is 9.59 Å². The van der Waals surface area contributed by atoms with Gasteiger partial charge in [-0.3, -0.25) is 14.5 Å². The number of imide groups is 1. The highest BCUT2D eigenvalue weighted by atomic mass is 32.1. The predicted octanol–water partition coefficient (Wildman–Crippen LogP) is 4.80. The maximum atomic E-state index is 12.6. The second kappa shape index (κ2) is 5.13. The molecule has 0 saturated carbocycles. The van der Waals surface area contributed by atoms with Crippen molar-refractivity contribution in [1.29, 1.82) is 0 Å². The fourth-order valence-electron chi connectivity index (χ4n) is 3.54. The van der Waals surface area contributed by atoms with E-state index in [1.807, 2.05) is 12.1 Å². The summed E-state index contributed by atoms with van der Waals surface area (Å²) in [6, 6.07) is 11.3. The molecule has 2 amide bonds. The summed E-state index contributed by atoms with van der Waals surface area (Å²) < 4.78 is 2.61. The number of hydrogen-bond acceptors (Lipinski definition) is 4. The number of thiophene rings is 2. The number of fused-ring (bicyclic) bond motifs is 2. The standard InChI is InChI=1S/C19H13NO2S2/c21-18-13-3-1-2-4-14(13)19(22)20(18)12-6-5-11(9-12)16-10-17-15(24-16)7-8-23-17/h1-4,7-10,12H,5-6H2. The van der Waals surface area contributed by atoms with Gasteiger partial charge >= 0.3 is 0 Å². The molecule has 0 N–H and O–H groups in total. The summed E-state index contributed by atoms with van der Waals surface area (Å²) in [6.45, 7) is 0. The number of allylic oxidation sites excluding steroid dienone is 1. The number of carbonyl (C=O) groups excluding carboxylic acids is 2. The van der Waals surface area contributed by atoms with Gasteiger partial charge in [-0.05, 0) is 48.1 Å². The predicted molar refractivity (Wildman–Crippen MR) is 97.6 cm³/mol. The molecule has 0 spiro atoms. The summed E-state index contributed by atoms with van der Waals surface area (Å²) in [5, 5.41) is 2.11. The zero-order valence-electron chi connectivity index (χ0n) is 12.7. The molecule has 1 aliphatic heterocycles. The molecule has 0 fully saturated rings. The SMILES string of the molecule is O=C1c2ccccc2C(=O)N1C1C=C(c2cc3sccc3s2)CC1. The van der Waals surface area contributed by atoms with E-state index in [9.17, 15) is 9.59 Å². The maximum Gasteiger partial charge on any atom is 0.262 e. The van der Waals surface area contributed by atoms with Crippen molar-refractivity contribution in [2.45, 2.75) is 18.9 Å². The number of benzene rings is 1. The molecule has 5 heteroatoms. The Hall–Kier alpha value is -2.24. The van der Waals surface area contributed by atoms with Crippen LogP contribution in [0.4, 0.5) is 0 Å². The molecule has 2 aliphatic rings. The molecule has 3 heterocycles. The number of carbonyl (C=O) groups is 2. The zero-order valence-corrected chi connectivity index (χ0v) is 14.3. The molecule has 1 aliphatic carbocycles. The normalized spacial score (nSPS) is 20.1. The first-order valence-electron chi connectivity index (χ1n) is 7.87. The molecule has 3 nitrogen and oxygen atoms in total. The Labute approximate surface area is 146 Å². The molecule has 24 heavy (non-hydrogen) atoms. The molecule has 0 saturated heterocycles. The van der Waals surface area contributed by atoms with Gasteiger partial charge in [0, 0.05) is 14.3 Å². The van der Waals surface area contributed by atoms with Gasteiger partial charge in [-0.1, -0.05) is 18.2 Å². The quantitative estimate of drug-likeness (QED) is 0.622. The summed E-state index contributed by atoms with van der Waals surface area (Å²) in [4.78, 5) is 27.9. The van der Waals surface area contributed by atoms with E-state index in [4.69, 9.17) is 0 Å². The Morgan fingerprint density at radius 2 is 1.75 bits per heavy atom. The smallest absolute Gasteiger partial charge is 0.262 e. The highest BCUT2D eigenvalue weighted by molar-refractivity contribution is 7.27. The van der Waals surface area contributed by atoms with E-state index in [1.54, 1.807) is 34.8 Å². The lowest BCUT2D eigenvalue weighted by atomic mass is 10.1. The van der Waals surface area contributed by atoms with E-state index in [2.05, 4.69) is 23.6 Å². The van der Waals surface area contributed by atoms with Crippen LogP contribution in [0.1, 0.15) is 38.4 Å². The van der Waals surface area contributed by atoms with Crippen molar-refractivity contribution in [3.8, 4) is 0 Å². The first-order valence-corrected chi connectivity index (χ1v) is 9.57. The lowest BCUT2D eigenvalue weighted by Crippen LogP contribution is -2.37. The second-order valence-electron chi connectivity index (χ2n) is 6.08. The molecule has 5 rings (SSSR count). The van der Waals surface area contributed by atoms with Gasteiger partial charge in [0.15, 0.2) is 0 Å². The lowest BCUT2D eigenvalue weighted by molar-refractivity contribution is 0.0614. The minimum atomic E-state index is -0.162. The number of hydrogen-bond donors (Lipinski definition) is 0. The van der Waals surface area contributed by atoms with Gasteiger partial charge in [0.1, 0.15) is 0 Å². The fraction of sp³-hybridized carbons (Fsp3) is 0.158. The Kier molecular flexibility index (Phi) is 3.02. The Bertz CT molecular complexity index is 963. The van der Waals surface area contributed by atoms with Crippen LogP contribution in [0, 0.1) is 0 Å². The van der Waals surface area contributed by atoms with Crippen LogP contribution in [0.3, 0.4) is 0 Å². The minimum Gasteiger partial charge on any atom is -0.269 e. The van der Waals surface area contributed by atoms with Crippen molar-refractivity contribution in [2.24, 2.45) is 0 Å². The molecule has 3 aromatic rings. The van der Waals surface area contributed by atoms with E-state index in [1.165, 1.54) is 24.8 Å². The average molecular weight is 351 g/mol. The van der Waals surface area contributed by atoms with E-state index in [0.717, 1.165) is 12.8 Å². The van der Waals surface area contributed by atoms with Crippen molar-refractivity contribution in [3.05, 3.63) is 63.9 Å². The van der Waals surface area contributed by atoms with E-state index < -0.39 is 0 Å². The Morgan fingerprint density at radius 1 is 1.00 bits per heavy atom. The van der Waals surface area contributed by atoms with E-state index in [-0.39, 0.29) is 17.9 Å². The molecule has 0 bridgehead atoms. The van der Waals surface area contributed by atoms with Crippen molar-refractivity contribution in [3.63, 3.8) is 0 Å². The molecule has 1 unspecified atom stereocenters. The fourth-order valence-corrected chi connectivity index (χ4v) is 5.71. The molecule has 1 aromatic carbocycles. The number of rotatable bonds is 2. The monoisotopic (exact) mass is 351 g/mol. The molecule has 118 valence electrons. The maximum absolute atomic E-state index is 12.6.